The first-order chi connectivity index (χ1) is 38.5. The number of hydrogen-bond donors (Lipinski definition) is 0. The molecule has 446 valence electrons. The minimum absolute atomic E-state index is 0.0916. The molecule has 6 heteroatoms. The van der Waals surface area contributed by atoms with Crippen LogP contribution in [0.15, 0.2) is 109 Å². The molecule has 0 aromatic rings. The van der Waals surface area contributed by atoms with Gasteiger partial charge < -0.3 is 14.2 Å². The van der Waals surface area contributed by atoms with Crippen LogP contribution in [-0.4, -0.2) is 37.2 Å². The Bertz CT molecular complexity index is 1570. The molecule has 78 heavy (non-hydrogen) atoms. The summed E-state index contributed by atoms with van der Waals surface area (Å²) in [5.74, 6) is -0.917. The molecule has 0 heterocycles. The predicted molar refractivity (Wildman–Crippen MR) is 339 cm³/mol. The Kier molecular flexibility index (Phi) is 62.3. The smallest absolute Gasteiger partial charge is 0.306 e. The first-order valence-corrected chi connectivity index (χ1v) is 32.9. The van der Waals surface area contributed by atoms with Gasteiger partial charge in [-0.3, -0.25) is 14.4 Å². The number of esters is 3. The standard InChI is InChI=1S/C72H122O6/c1-4-7-10-13-16-19-22-25-28-31-34-35-36-37-39-41-44-47-50-53-56-59-62-65-71(74)77-68-69(67-76-70(73)64-61-58-55-52-49-46-43-40-33-30-27-24-21-18-15-12-9-6-3)78-72(75)66-63-60-57-54-51-48-45-42-38-32-29-26-23-20-17-14-11-8-5-2/h7,10,16,19,21,24-26,28-30,33-35,37,39,44,47,69H,4-6,8-9,11-15,17-18,20,22-23,27,31-32,36,38,40-43,45-46,48-68H2,1-3H3/b10-7-,19-16-,24-21-,28-25-,29-26-,33-30-,35-34-,39-37-,47-44-. The van der Waals surface area contributed by atoms with E-state index in [4.69, 9.17) is 14.2 Å². The Morgan fingerprint density at radius 3 is 0.808 bits per heavy atom. The van der Waals surface area contributed by atoms with Gasteiger partial charge in [-0.05, 0) is 128 Å². The zero-order valence-corrected chi connectivity index (χ0v) is 51.2. The third-order valence-corrected chi connectivity index (χ3v) is 14.0. The first kappa shape index (κ1) is 74.1. The van der Waals surface area contributed by atoms with Crippen molar-refractivity contribution in [2.45, 2.75) is 316 Å². The number of rotatable bonds is 59. The van der Waals surface area contributed by atoms with Gasteiger partial charge in [0.25, 0.3) is 0 Å². The predicted octanol–water partition coefficient (Wildman–Crippen LogP) is 22.6. The van der Waals surface area contributed by atoms with Crippen LogP contribution in [0.4, 0.5) is 0 Å². The maximum Gasteiger partial charge on any atom is 0.306 e. The number of hydrogen-bond acceptors (Lipinski definition) is 6. The second kappa shape index (κ2) is 65.6. The second-order valence-corrected chi connectivity index (χ2v) is 21.6. The molecule has 6 nitrogen and oxygen atoms in total. The molecule has 0 aliphatic heterocycles. The van der Waals surface area contributed by atoms with Crippen LogP contribution in [0.2, 0.25) is 0 Å². The lowest BCUT2D eigenvalue weighted by Crippen LogP contribution is -2.30. The van der Waals surface area contributed by atoms with Crippen molar-refractivity contribution in [2.24, 2.45) is 0 Å². The molecule has 0 spiro atoms. The lowest BCUT2D eigenvalue weighted by Gasteiger charge is -2.18. The summed E-state index contributed by atoms with van der Waals surface area (Å²) >= 11 is 0. The van der Waals surface area contributed by atoms with Crippen molar-refractivity contribution >= 4 is 17.9 Å². The molecule has 0 saturated heterocycles. The van der Waals surface area contributed by atoms with Crippen molar-refractivity contribution < 1.29 is 28.6 Å². The van der Waals surface area contributed by atoms with Crippen molar-refractivity contribution in [1.82, 2.24) is 0 Å². The average Bonchev–Trinajstić information content (AvgIpc) is 3.44. The van der Waals surface area contributed by atoms with E-state index in [1.807, 2.05) is 0 Å². The van der Waals surface area contributed by atoms with Crippen LogP contribution in [-0.2, 0) is 28.6 Å². The van der Waals surface area contributed by atoms with Crippen LogP contribution in [0.3, 0.4) is 0 Å². The fourth-order valence-corrected chi connectivity index (χ4v) is 9.06. The minimum atomic E-state index is -0.797. The summed E-state index contributed by atoms with van der Waals surface area (Å²) in [7, 11) is 0. The number of carbonyl (C=O) groups is 3. The van der Waals surface area contributed by atoms with Gasteiger partial charge in [-0.1, -0.05) is 271 Å². The van der Waals surface area contributed by atoms with Crippen LogP contribution in [0, 0.1) is 0 Å². The molecule has 0 aliphatic carbocycles. The Morgan fingerprint density at radius 2 is 0.500 bits per heavy atom. The third kappa shape index (κ3) is 62.9. The monoisotopic (exact) mass is 1080 g/mol. The van der Waals surface area contributed by atoms with Crippen molar-refractivity contribution in [3.05, 3.63) is 109 Å². The van der Waals surface area contributed by atoms with Crippen LogP contribution in [0.5, 0.6) is 0 Å². The lowest BCUT2D eigenvalue weighted by molar-refractivity contribution is -0.167. The van der Waals surface area contributed by atoms with Gasteiger partial charge >= 0.3 is 17.9 Å². The van der Waals surface area contributed by atoms with Crippen molar-refractivity contribution in [3.8, 4) is 0 Å². The summed E-state index contributed by atoms with van der Waals surface area (Å²) in [6.45, 7) is 6.50. The number of carbonyl (C=O) groups excluding carboxylic acids is 3. The molecule has 0 radical (unpaired) electrons. The topological polar surface area (TPSA) is 78.9 Å². The van der Waals surface area contributed by atoms with E-state index in [9.17, 15) is 14.4 Å². The van der Waals surface area contributed by atoms with E-state index >= 15 is 0 Å². The normalized spacial score (nSPS) is 12.8. The zero-order chi connectivity index (χ0) is 56.4. The molecule has 1 unspecified atom stereocenters. The van der Waals surface area contributed by atoms with E-state index in [0.29, 0.717) is 19.3 Å². The average molecular weight is 1080 g/mol. The van der Waals surface area contributed by atoms with Gasteiger partial charge in [-0.25, -0.2) is 0 Å². The summed E-state index contributed by atoms with van der Waals surface area (Å²) in [6, 6.07) is 0. The Hall–Kier alpha value is -3.93. The van der Waals surface area contributed by atoms with Gasteiger partial charge in [0.2, 0.25) is 0 Å². The van der Waals surface area contributed by atoms with E-state index in [1.54, 1.807) is 0 Å². The molecule has 0 N–H and O–H groups in total. The summed E-state index contributed by atoms with van der Waals surface area (Å²) in [4.78, 5) is 38.4. The van der Waals surface area contributed by atoms with E-state index in [0.717, 1.165) is 122 Å². The fraction of sp³-hybridized carbons (Fsp3) is 0.708. The Labute approximate surface area is 482 Å². The summed E-state index contributed by atoms with van der Waals surface area (Å²) in [5, 5.41) is 0. The molecule has 0 bridgehead atoms. The van der Waals surface area contributed by atoms with Crippen LogP contribution < -0.4 is 0 Å². The first-order valence-electron chi connectivity index (χ1n) is 32.9. The second-order valence-electron chi connectivity index (χ2n) is 21.6. The summed E-state index contributed by atoms with van der Waals surface area (Å²) < 4.78 is 16.9. The Balaban J connectivity index is 4.45. The van der Waals surface area contributed by atoms with Crippen LogP contribution in [0.25, 0.3) is 0 Å². The zero-order valence-electron chi connectivity index (χ0n) is 51.2. The molecular formula is C72H122O6. The highest BCUT2D eigenvalue weighted by Gasteiger charge is 2.19. The molecule has 0 amide bonds. The highest BCUT2D eigenvalue weighted by Crippen LogP contribution is 2.16. The molecule has 0 aromatic carbocycles. The molecule has 1 atom stereocenters. The van der Waals surface area contributed by atoms with Gasteiger partial charge in [0.15, 0.2) is 6.10 Å². The van der Waals surface area contributed by atoms with Crippen molar-refractivity contribution in [2.75, 3.05) is 13.2 Å². The van der Waals surface area contributed by atoms with Gasteiger partial charge in [0, 0.05) is 19.3 Å². The van der Waals surface area contributed by atoms with Crippen LogP contribution >= 0.6 is 0 Å². The van der Waals surface area contributed by atoms with Gasteiger partial charge in [0.1, 0.15) is 13.2 Å². The van der Waals surface area contributed by atoms with Crippen molar-refractivity contribution in [3.63, 3.8) is 0 Å². The van der Waals surface area contributed by atoms with Gasteiger partial charge in [-0.2, -0.15) is 0 Å². The molecular weight excluding hydrogens is 961 g/mol. The van der Waals surface area contributed by atoms with Gasteiger partial charge in [-0.15, -0.1) is 0 Å². The third-order valence-electron chi connectivity index (χ3n) is 14.0. The molecule has 0 fully saturated rings. The quantitative estimate of drug-likeness (QED) is 0.0261. The molecule has 0 aliphatic rings. The van der Waals surface area contributed by atoms with E-state index in [1.165, 1.54) is 148 Å². The lowest BCUT2D eigenvalue weighted by atomic mass is 10.1. The fourth-order valence-electron chi connectivity index (χ4n) is 9.06. The SMILES string of the molecule is CC/C=C\C/C=C\C/C=C\C/C=C\C/C=C\C/C=C\CCCCCCC(=O)OCC(COC(=O)CCCCCCCCC/C=C\C/C=C\CCCCCC)OC(=O)CCCCCCCCCCC/C=C\CCCCCCCC. The summed E-state index contributed by atoms with van der Waals surface area (Å²) in [5.41, 5.74) is 0. The molecule has 0 aromatic heterocycles. The van der Waals surface area contributed by atoms with E-state index < -0.39 is 6.10 Å². The van der Waals surface area contributed by atoms with E-state index in [2.05, 4.69) is 130 Å². The maximum atomic E-state index is 12.9. The van der Waals surface area contributed by atoms with Gasteiger partial charge in [0.05, 0.1) is 0 Å². The number of ether oxygens (including phenoxy) is 3. The van der Waals surface area contributed by atoms with Crippen LogP contribution in [0.1, 0.15) is 310 Å². The Morgan fingerprint density at radius 1 is 0.269 bits per heavy atom. The highest BCUT2D eigenvalue weighted by atomic mass is 16.6. The minimum Gasteiger partial charge on any atom is -0.462 e. The largest absolute Gasteiger partial charge is 0.462 e. The molecule has 0 saturated carbocycles. The highest BCUT2D eigenvalue weighted by molar-refractivity contribution is 5.71. The number of unbranched alkanes of at least 4 members (excludes halogenated alkanes) is 30. The molecule has 0 rings (SSSR count). The van der Waals surface area contributed by atoms with E-state index in [-0.39, 0.29) is 31.1 Å². The van der Waals surface area contributed by atoms with Crippen molar-refractivity contribution in [1.29, 1.82) is 0 Å². The number of allylic oxidation sites excluding steroid dienone is 18. The summed E-state index contributed by atoms with van der Waals surface area (Å²) in [6.07, 6.45) is 89.4. The maximum absolute atomic E-state index is 12.9.